The molecular formula is C18H19NO3S. The van der Waals surface area contributed by atoms with Crippen LogP contribution in [0.2, 0.25) is 0 Å². The first-order valence-corrected chi connectivity index (χ1v) is 8.61. The Labute approximate surface area is 140 Å². The summed E-state index contributed by atoms with van der Waals surface area (Å²) in [6.07, 6.45) is 0.617. The molecule has 1 heterocycles. The number of carbonyl (C=O) groups is 1. The van der Waals surface area contributed by atoms with Crippen LogP contribution in [0.4, 0.5) is 5.69 Å². The highest BCUT2D eigenvalue weighted by Crippen LogP contribution is 2.34. The zero-order chi connectivity index (χ0) is 16.1. The van der Waals surface area contributed by atoms with E-state index >= 15 is 0 Å². The van der Waals surface area contributed by atoms with Crippen LogP contribution in [0.5, 0.6) is 5.75 Å². The number of para-hydroxylation sites is 1. The van der Waals surface area contributed by atoms with Gasteiger partial charge in [0.15, 0.2) is 0 Å². The van der Waals surface area contributed by atoms with Crippen LogP contribution in [0.25, 0.3) is 0 Å². The predicted octanol–water partition coefficient (Wildman–Crippen LogP) is 2.74. The molecule has 0 radical (unpaired) electrons. The second-order valence-corrected chi connectivity index (χ2v) is 6.29. The van der Waals surface area contributed by atoms with E-state index in [9.17, 15) is 4.79 Å². The molecule has 0 fully saturated rings. The summed E-state index contributed by atoms with van der Waals surface area (Å²) in [5, 5.41) is 8.99. The zero-order valence-electron chi connectivity index (χ0n) is 12.8. The summed E-state index contributed by atoms with van der Waals surface area (Å²) in [7, 11) is 0. The van der Waals surface area contributed by atoms with E-state index in [1.807, 2.05) is 48.5 Å². The molecule has 23 heavy (non-hydrogen) atoms. The summed E-state index contributed by atoms with van der Waals surface area (Å²) in [5.41, 5.74) is 2.01. The summed E-state index contributed by atoms with van der Waals surface area (Å²) in [6, 6.07) is 15.6. The Morgan fingerprint density at radius 1 is 1.17 bits per heavy atom. The summed E-state index contributed by atoms with van der Waals surface area (Å²) in [5.74, 6) is 1.36. The maximum absolute atomic E-state index is 12.2. The maximum atomic E-state index is 12.2. The van der Waals surface area contributed by atoms with E-state index in [0.717, 1.165) is 21.9 Å². The smallest absolute Gasteiger partial charge is 0.237 e. The lowest BCUT2D eigenvalue weighted by Crippen LogP contribution is -2.38. The number of benzene rings is 2. The third kappa shape index (κ3) is 3.86. The van der Waals surface area contributed by atoms with Crippen molar-refractivity contribution in [3.63, 3.8) is 0 Å². The van der Waals surface area contributed by atoms with E-state index in [1.165, 1.54) is 0 Å². The van der Waals surface area contributed by atoms with Gasteiger partial charge in [0, 0.05) is 11.5 Å². The molecule has 1 aliphatic rings. The Bertz CT molecular complexity index is 689. The molecule has 3 rings (SSSR count). The van der Waals surface area contributed by atoms with Gasteiger partial charge in [-0.15, -0.1) is 11.8 Å². The predicted molar refractivity (Wildman–Crippen MR) is 92.2 cm³/mol. The standard InChI is InChI=1S/C18H19NO3S/c20-10-8-14-4-3-5-15(12-14)22-11-9-19-16-6-1-2-7-17(16)23-13-18(19)21/h1-7,12,20H,8-11,13H2. The number of ether oxygens (including phenoxy) is 1. The van der Waals surface area contributed by atoms with Crippen molar-refractivity contribution < 1.29 is 14.6 Å². The Balaban J connectivity index is 1.62. The molecule has 0 bridgehead atoms. The summed E-state index contributed by atoms with van der Waals surface area (Å²) in [6.45, 7) is 1.09. The van der Waals surface area contributed by atoms with Gasteiger partial charge < -0.3 is 14.7 Å². The van der Waals surface area contributed by atoms with Crippen LogP contribution in [0.3, 0.4) is 0 Å². The molecule has 2 aromatic rings. The minimum absolute atomic E-state index is 0.117. The van der Waals surface area contributed by atoms with Crippen molar-refractivity contribution in [1.29, 1.82) is 0 Å². The van der Waals surface area contributed by atoms with Gasteiger partial charge in [-0.2, -0.15) is 0 Å². The normalized spacial score (nSPS) is 13.8. The molecule has 120 valence electrons. The van der Waals surface area contributed by atoms with Crippen molar-refractivity contribution in [1.82, 2.24) is 0 Å². The number of anilines is 1. The largest absolute Gasteiger partial charge is 0.492 e. The van der Waals surface area contributed by atoms with Crippen molar-refractivity contribution in [3.05, 3.63) is 54.1 Å². The molecule has 0 spiro atoms. The van der Waals surface area contributed by atoms with Crippen LogP contribution < -0.4 is 9.64 Å². The van der Waals surface area contributed by atoms with Crippen molar-refractivity contribution in [2.24, 2.45) is 0 Å². The van der Waals surface area contributed by atoms with Crippen molar-refractivity contribution in [3.8, 4) is 5.75 Å². The van der Waals surface area contributed by atoms with Crippen LogP contribution in [-0.4, -0.2) is 36.5 Å². The number of amides is 1. The molecule has 0 aromatic heterocycles. The Hall–Kier alpha value is -1.98. The van der Waals surface area contributed by atoms with E-state index in [0.29, 0.717) is 25.3 Å². The highest BCUT2D eigenvalue weighted by Gasteiger charge is 2.23. The average Bonchev–Trinajstić information content (AvgIpc) is 2.58. The van der Waals surface area contributed by atoms with Gasteiger partial charge >= 0.3 is 0 Å². The molecule has 0 saturated carbocycles. The molecule has 1 amide bonds. The fraction of sp³-hybridized carbons (Fsp3) is 0.278. The van der Waals surface area contributed by atoms with Gasteiger partial charge in [0.1, 0.15) is 12.4 Å². The topological polar surface area (TPSA) is 49.8 Å². The van der Waals surface area contributed by atoms with E-state index < -0.39 is 0 Å². The van der Waals surface area contributed by atoms with Crippen molar-refractivity contribution >= 4 is 23.4 Å². The van der Waals surface area contributed by atoms with Gasteiger partial charge in [0.2, 0.25) is 5.91 Å². The second kappa shape index (κ2) is 7.53. The van der Waals surface area contributed by atoms with E-state index in [2.05, 4.69) is 0 Å². The summed E-state index contributed by atoms with van der Waals surface area (Å²) < 4.78 is 5.78. The monoisotopic (exact) mass is 329 g/mol. The van der Waals surface area contributed by atoms with Gasteiger partial charge in [0.05, 0.1) is 18.0 Å². The van der Waals surface area contributed by atoms with E-state index in [4.69, 9.17) is 9.84 Å². The summed E-state index contributed by atoms with van der Waals surface area (Å²) >= 11 is 1.58. The molecule has 0 unspecified atom stereocenters. The minimum atomic E-state index is 0.117. The van der Waals surface area contributed by atoms with Gasteiger partial charge in [-0.1, -0.05) is 24.3 Å². The number of nitrogens with zero attached hydrogens (tertiary/aromatic N) is 1. The number of aliphatic hydroxyl groups is 1. The molecular weight excluding hydrogens is 310 g/mol. The fourth-order valence-corrected chi connectivity index (χ4v) is 3.51. The molecule has 2 aromatic carbocycles. The number of hydrogen-bond donors (Lipinski definition) is 1. The number of aliphatic hydroxyl groups excluding tert-OH is 1. The lowest BCUT2D eigenvalue weighted by molar-refractivity contribution is -0.116. The highest BCUT2D eigenvalue weighted by molar-refractivity contribution is 8.00. The first-order chi connectivity index (χ1) is 11.3. The molecule has 0 saturated heterocycles. The molecule has 1 aliphatic heterocycles. The first-order valence-electron chi connectivity index (χ1n) is 7.63. The third-order valence-corrected chi connectivity index (χ3v) is 4.74. The van der Waals surface area contributed by atoms with Gasteiger partial charge in [-0.3, -0.25) is 4.79 Å². The van der Waals surface area contributed by atoms with Gasteiger partial charge in [-0.25, -0.2) is 0 Å². The van der Waals surface area contributed by atoms with Crippen molar-refractivity contribution in [2.45, 2.75) is 11.3 Å². The quantitative estimate of drug-likeness (QED) is 0.885. The van der Waals surface area contributed by atoms with Crippen LogP contribution >= 0.6 is 11.8 Å². The van der Waals surface area contributed by atoms with Crippen molar-refractivity contribution in [2.75, 3.05) is 30.4 Å². The second-order valence-electron chi connectivity index (χ2n) is 5.27. The number of hydrogen-bond acceptors (Lipinski definition) is 4. The molecule has 5 heteroatoms. The average molecular weight is 329 g/mol. The number of rotatable bonds is 6. The third-order valence-electron chi connectivity index (χ3n) is 3.69. The zero-order valence-corrected chi connectivity index (χ0v) is 13.6. The Morgan fingerprint density at radius 2 is 2.04 bits per heavy atom. The number of thioether (sulfide) groups is 1. The Kier molecular flexibility index (Phi) is 5.20. The minimum Gasteiger partial charge on any atom is -0.492 e. The first kappa shape index (κ1) is 15.9. The molecule has 1 N–H and O–H groups in total. The van der Waals surface area contributed by atoms with Crippen LogP contribution in [0, 0.1) is 0 Å². The lowest BCUT2D eigenvalue weighted by Gasteiger charge is -2.28. The SMILES string of the molecule is O=C1CSc2ccccc2N1CCOc1cccc(CCO)c1. The van der Waals surface area contributed by atoms with E-state index in [1.54, 1.807) is 16.7 Å². The maximum Gasteiger partial charge on any atom is 0.237 e. The lowest BCUT2D eigenvalue weighted by atomic mass is 10.1. The van der Waals surface area contributed by atoms with Gasteiger partial charge in [-0.05, 0) is 36.2 Å². The molecule has 0 aliphatic carbocycles. The highest BCUT2D eigenvalue weighted by atomic mass is 32.2. The van der Waals surface area contributed by atoms with Crippen LogP contribution in [0.1, 0.15) is 5.56 Å². The number of fused-ring (bicyclic) bond motifs is 1. The van der Waals surface area contributed by atoms with E-state index in [-0.39, 0.29) is 12.5 Å². The fourth-order valence-electron chi connectivity index (χ4n) is 2.57. The Morgan fingerprint density at radius 3 is 2.91 bits per heavy atom. The van der Waals surface area contributed by atoms with Gasteiger partial charge in [0.25, 0.3) is 0 Å². The van der Waals surface area contributed by atoms with Crippen LogP contribution in [-0.2, 0) is 11.2 Å². The number of carbonyl (C=O) groups excluding carboxylic acids is 1. The molecule has 0 atom stereocenters. The van der Waals surface area contributed by atoms with Crippen LogP contribution in [0.15, 0.2) is 53.4 Å². The summed E-state index contributed by atoms with van der Waals surface area (Å²) in [4.78, 5) is 15.1. The molecule has 4 nitrogen and oxygen atoms in total.